The van der Waals surface area contributed by atoms with Crippen molar-refractivity contribution in [3.8, 4) is 11.5 Å². The number of carbonyl (C=O) groups is 2. The van der Waals surface area contributed by atoms with Gasteiger partial charge in [0.05, 0.1) is 20.9 Å². The van der Waals surface area contributed by atoms with Gasteiger partial charge in [0, 0.05) is 22.7 Å². The molecular formula is C26H19BrClN3O6S2. The second-order valence-corrected chi connectivity index (χ2v) is 10.9. The van der Waals surface area contributed by atoms with Gasteiger partial charge in [-0.3, -0.25) is 25.1 Å². The molecule has 0 aromatic heterocycles. The molecule has 1 saturated heterocycles. The minimum atomic E-state index is -0.500. The maximum Gasteiger partial charge on any atom is 0.285 e. The Kier molecular flexibility index (Phi) is 9.23. The molecule has 1 heterocycles. The number of hydrogen-bond donors (Lipinski definition) is 1. The van der Waals surface area contributed by atoms with Gasteiger partial charge < -0.3 is 9.47 Å². The number of benzene rings is 3. The van der Waals surface area contributed by atoms with E-state index in [2.05, 4.69) is 21.4 Å². The standard InChI is InChI=1S/C26H19BrClN3O6S2/c1-2-36-21-12-16(11-20(27)23(21)37-14-15-3-9-19(10-4-15)31(34)35)13-22-25(33)30(26(38)39-22)29-24(32)17-5-7-18(28)8-6-17/h3-13H,2,14H2,1H3,(H,29,32)/b22-13+. The molecule has 0 unspecified atom stereocenters. The fourth-order valence-corrected chi connectivity index (χ4v) is 5.31. The van der Waals surface area contributed by atoms with Gasteiger partial charge in [-0.1, -0.05) is 23.4 Å². The molecule has 0 spiro atoms. The Morgan fingerprint density at radius 1 is 1.18 bits per heavy atom. The molecule has 0 bridgehead atoms. The van der Waals surface area contributed by atoms with Crippen LogP contribution in [0.2, 0.25) is 5.02 Å². The molecule has 3 aromatic rings. The summed E-state index contributed by atoms with van der Waals surface area (Å²) in [6.07, 6.45) is 1.64. The molecule has 2 amide bonds. The molecule has 3 aromatic carbocycles. The molecule has 0 aliphatic carbocycles. The van der Waals surface area contributed by atoms with Crippen molar-refractivity contribution in [2.45, 2.75) is 13.5 Å². The van der Waals surface area contributed by atoms with Crippen LogP contribution in [0.15, 0.2) is 70.0 Å². The Hall–Kier alpha value is -3.45. The number of non-ortho nitro benzene ring substituents is 1. The van der Waals surface area contributed by atoms with Crippen molar-refractivity contribution in [3.05, 3.63) is 102 Å². The van der Waals surface area contributed by atoms with E-state index in [-0.39, 0.29) is 16.6 Å². The minimum Gasteiger partial charge on any atom is -0.490 e. The number of amides is 2. The predicted molar refractivity (Wildman–Crippen MR) is 157 cm³/mol. The van der Waals surface area contributed by atoms with Crippen molar-refractivity contribution in [2.24, 2.45) is 0 Å². The summed E-state index contributed by atoms with van der Waals surface area (Å²) in [5.41, 5.74) is 4.23. The van der Waals surface area contributed by atoms with Crippen molar-refractivity contribution < 1.29 is 24.0 Å². The van der Waals surface area contributed by atoms with Crippen LogP contribution in [0.3, 0.4) is 0 Å². The van der Waals surface area contributed by atoms with E-state index in [1.54, 1.807) is 54.6 Å². The average Bonchev–Trinajstić information content (AvgIpc) is 3.16. The first-order valence-electron chi connectivity index (χ1n) is 11.3. The summed E-state index contributed by atoms with van der Waals surface area (Å²) >= 11 is 15.8. The van der Waals surface area contributed by atoms with Gasteiger partial charge in [0.2, 0.25) is 0 Å². The van der Waals surface area contributed by atoms with E-state index in [9.17, 15) is 19.7 Å². The molecule has 9 nitrogen and oxygen atoms in total. The van der Waals surface area contributed by atoms with Crippen LogP contribution in [0.25, 0.3) is 6.08 Å². The van der Waals surface area contributed by atoms with Gasteiger partial charge >= 0.3 is 0 Å². The number of nitrogens with one attached hydrogen (secondary N) is 1. The molecule has 1 aliphatic rings. The lowest BCUT2D eigenvalue weighted by Gasteiger charge is -2.16. The Bertz CT molecular complexity index is 1480. The molecule has 1 N–H and O–H groups in total. The number of hydrogen-bond acceptors (Lipinski definition) is 8. The van der Waals surface area contributed by atoms with Gasteiger partial charge in [-0.25, -0.2) is 0 Å². The van der Waals surface area contributed by atoms with Crippen molar-refractivity contribution in [1.82, 2.24) is 10.4 Å². The van der Waals surface area contributed by atoms with Gasteiger partial charge in [-0.2, -0.15) is 5.01 Å². The molecule has 0 atom stereocenters. The molecule has 39 heavy (non-hydrogen) atoms. The van der Waals surface area contributed by atoms with Crippen LogP contribution in [0, 0.1) is 10.1 Å². The topological polar surface area (TPSA) is 111 Å². The number of nitro groups is 1. The summed E-state index contributed by atoms with van der Waals surface area (Å²) in [4.78, 5) is 36.3. The van der Waals surface area contributed by atoms with Gasteiger partial charge in [0.1, 0.15) is 6.61 Å². The lowest BCUT2D eigenvalue weighted by Crippen LogP contribution is -2.44. The van der Waals surface area contributed by atoms with Crippen LogP contribution in [0.4, 0.5) is 5.69 Å². The number of thiocarbonyl (C=S) groups is 1. The van der Waals surface area contributed by atoms with Gasteiger partial charge in [-0.15, -0.1) is 0 Å². The molecule has 200 valence electrons. The van der Waals surface area contributed by atoms with E-state index in [1.165, 1.54) is 12.1 Å². The van der Waals surface area contributed by atoms with E-state index in [4.69, 9.17) is 33.3 Å². The fraction of sp³-hybridized carbons (Fsp3) is 0.115. The summed E-state index contributed by atoms with van der Waals surface area (Å²) in [6.45, 7) is 2.35. The quantitative estimate of drug-likeness (QED) is 0.121. The number of hydrazine groups is 1. The zero-order chi connectivity index (χ0) is 28.1. The molecule has 0 radical (unpaired) electrons. The summed E-state index contributed by atoms with van der Waals surface area (Å²) in [5, 5.41) is 12.4. The summed E-state index contributed by atoms with van der Waals surface area (Å²) < 4.78 is 12.5. The average molecular weight is 649 g/mol. The number of halogens is 2. The van der Waals surface area contributed by atoms with E-state index in [1.807, 2.05) is 6.92 Å². The maximum absolute atomic E-state index is 13.0. The van der Waals surface area contributed by atoms with E-state index in [0.717, 1.165) is 22.3 Å². The SMILES string of the molecule is CCOc1cc(/C=C2/SC(=S)N(NC(=O)c3ccc(Cl)cc3)C2=O)cc(Br)c1OCc1ccc([N+](=O)[O-])cc1. The fourth-order valence-electron chi connectivity index (χ4n) is 3.43. The first-order valence-corrected chi connectivity index (χ1v) is 13.7. The van der Waals surface area contributed by atoms with Crippen molar-refractivity contribution in [1.29, 1.82) is 0 Å². The van der Waals surface area contributed by atoms with E-state index < -0.39 is 16.7 Å². The number of ether oxygens (including phenoxy) is 2. The Labute approximate surface area is 246 Å². The third kappa shape index (κ3) is 6.95. The smallest absolute Gasteiger partial charge is 0.285 e. The van der Waals surface area contributed by atoms with Crippen LogP contribution in [-0.2, 0) is 11.4 Å². The highest BCUT2D eigenvalue weighted by atomic mass is 79.9. The predicted octanol–water partition coefficient (Wildman–Crippen LogP) is 6.53. The highest BCUT2D eigenvalue weighted by Crippen LogP contribution is 2.39. The van der Waals surface area contributed by atoms with Crippen LogP contribution in [0.1, 0.15) is 28.4 Å². The molecular weight excluding hydrogens is 630 g/mol. The summed E-state index contributed by atoms with van der Waals surface area (Å²) in [5.74, 6) is -0.0957. The maximum atomic E-state index is 13.0. The van der Waals surface area contributed by atoms with Crippen molar-refractivity contribution in [2.75, 3.05) is 6.61 Å². The first kappa shape index (κ1) is 28.6. The molecule has 1 aliphatic heterocycles. The normalized spacial score (nSPS) is 14.0. The second kappa shape index (κ2) is 12.6. The first-order chi connectivity index (χ1) is 18.7. The lowest BCUT2D eigenvalue weighted by molar-refractivity contribution is -0.384. The number of carbonyl (C=O) groups excluding carboxylic acids is 2. The Balaban J connectivity index is 1.51. The Morgan fingerprint density at radius 2 is 1.87 bits per heavy atom. The summed E-state index contributed by atoms with van der Waals surface area (Å²) in [7, 11) is 0. The summed E-state index contributed by atoms with van der Waals surface area (Å²) in [6, 6.07) is 15.8. The zero-order valence-corrected chi connectivity index (χ0v) is 24.2. The number of nitro benzene ring substituents is 1. The minimum absolute atomic E-state index is 0.00533. The van der Waals surface area contributed by atoms with Crippen LogP contribution < -0.4 is 14.9 Å². The number of rotatable bonds is 9. The van der Waals surface area contributed by atoms with Gasteiger partial charge in [0.15, 0.2) is 15.8 Å². The monoisotopic (exact) mass is 647 g/mol. The van der Waals surface area contributed by atoms with Crippen LogP contribution in [-0.4, -0.2) is 32.7 Å². The molecule has 13 heteroatoms. The molecule has 1 fully saturated rings. The molecule has 4 rings (SSSR count). The van der Waals surface area contributed by atoms with Crippen LogP contribution in [0.5, 0.6) is 11.5 Å². The van der Waals surface area contributed by atoms with Gasteiger partial charge in [0.25, 0.3) is 17.5 Å². The Morgan fingerprint density at radius 3 is 2.51 bits per heavy atom. The lowest BCUT2D eigenvalue weighted by atomic mass is 10.1. The third-order valence-electron chi connectivity index (χ3n) is 5.27. The van der Waals surface area contributed by atoms with Crippen molar-refractivity contribution >= 4 is 79.4 Å². The van der Waals surface area contributed by atoms with Crippen LogP contribution >= 0.6 is 51.5 Å². The number of nitrogens with zero attached hydrogens (tertiary/aromatic N) is 2. The molecule has 0 saturated carbocycles. The van der Waals surface area contributed by atoms with Gasteiger partial charge in [-0.05, 0) is 101 Å². The highest BCUT2D eigenvalue weighted by molar-refractivity contribution is 9.10. The largest absolute Gasteiger partial charge is 0.490 e. The van der Waals surface area contributed by atoms with Crippen molar-refractivity contribution in [3.63, 3.8) is 0 Å². The second-order valence-electron chi connectivity index (χ2n) is 7.94. The third-order valence-corrected chi connectivity index (χ3v) is 7.42. The zero-order valence-electron chi connectivity index (χ0n) is 20.2. The number of thioether (sulfide) groups is 1. The van der Waals surface area contributed by atoms with E-state index in [0.29, 0.717) is 43.6 Å². The van der Waals surface area contributed by atoms with E-state index >= 15 is 0 Å². The highest BCUT2D eigenvalue weighted by Gasteiger charge is 2.34.